The first-order valence-electron chi connectivity index (χ1n) is 6.44. The Morgan fingerprint density at radius 1 is 1.18 bits per heavy atom. The minimum Gasteiger partial charge on any atom is -0.344 e. The standard InChI is InChI=1S/C15H19O2/c1-11-7-3-4-8-13(11)14-12(2)16-15(17-14)9-5-6-10-15/h3-4,7-8,12,14H,2,5-6,9-10H2,1H3. The van der Waals surface area contributed by atoms with E-state index in [4.69, 9.17) is 9.47 Å². The minimum absolute atomic E-state index is 0.00528. The molecule has 2 fully saturated rings. The van der Waals surface area contributed by atoms with E-state index in [1.807, 2.05) is 0 Å². The topological polar surface area (TPSA) is 18.5 Å². The van der Waals surface area contributed by atoms with Gasteiger partial charge in [-0.25, -0.2) is 0 Å². The molecule has 0 amide bonds. The Balaban J connectivity index is 1.87. The van der Waals surface area contributed by atoms with Gasteiger partial charge in [0.2, 0.25) is 0 Å². The van der Waals surface area contributed by atoms with Gasteiger partial charge < -0.3 is 9.47 Å². The van der Waals surface area contributed by atoms with Crippen LogP contribution in [-0.2, 0) is 9.47 Å². The summed E-state index contributed by atoms with van der Waals surface area (Å²) in [6, 6.07) is 8.34. The van der Waals surface area contributed by atoms with Gasteiger partial charge in [0, 0.05) is 12.8 Å². The van der Waals surface area contributed by atoms with Crippen molar-refractivity contribution >= 4 is 0 Å². The Bertz CT molecular complexity index is 407. The summed E-state index contributed by atoms with van der Waals surface area (Å²) < 4.78 is 12.2. The van der Waals surface area contributed by atoms with Crippen molar-refractivity contribution in [2.75, 3.05) is 0 Å². The molecule has 1 saturated carbocycles. The predicted octanol–water partition coefficient (Wildman–Crippen LogP) is 3.56. The lowest BCUT2D eigenvalue weighted by Gasteiger charge is -2.22. The monoisotopic (exact) mass is 231 g/mol. The zero-order valence-corrected chi connectivity index (χ0v) is 10.3. The normalized spacial score (nSPS) is 31.2. The zero-order chi connectivity index (χ0) is 11.9. The van der Waals surface area contributed by atoms with E-state index in [1.54, 1.807) is 0 Å². The lowest BCUT2D eigenvalue weighted by Crippen LogP contribution is -2.26. The first-order chi connectivity index (χ1) is 8.20. The summed E-state index contributed by atoms with van der Waals surface area (Å²) in [7, 11) is 0. The van der Waals surface area contributed by atoms with Gasteiger partial charge in [-0.2, -0.15) is 0 Å². The molecule has 2 heteroatoms. The van der Waals surface area contributed by atoms with Crippen LogP contribution in [0.15, 0.2) is 24.3 Å². The molecular formula is C15H19O2. The summed E-state index contributed by atoms with van der Waals surface area (Å²) in [6.07, 6.45) is 4.34. The Morgan fingerprint density at radius 3 is 2.59 bits per heavy atom. The smallest absolute Gasteiger partial charge is 0.169 e. The van der Waals surface area contributed by atoms with Crippen molar-refractivity contribution in [2.45, 2.75) is 50.6 Å². The summed E-state index contributed by atoms with van der Waals surface area (Å²) in [5.74, 6) is -0.334. The molecule has 2 atom stereocenters. The SMILES string of the molecule is [CH2]C1OC2(CCCC2)OC1c1ccccc1C. The molecule has 0 N–H and O–H groups in total. The summed E-state index contributed by atoms with van der Waals surface area (Å²) in [6.45, 7) is 6.22. The van der Waals surface area contributed by atoms with Crippen LogP contribution < -0.4 is 0 Å². The summed E-state index contributed by atoms with van der Waals surface area (Å²) in [5.41, 5.74) is 2.47. The van der Waals surface area contributed by atoms with E-state index in [0.29, 0.717) is 0 Å². The summed E-state index contributed by atoms with van der Waals surface area (Å²) in [4.78, 5) is 0. The maximum absolute atomic E-state index is 6.20. The first-order valence-corrected chi connectivity index (χ1v) is 6.44. The second kappa shape index (κ2) is 4.11. The molecule has 2 unspecified atom stereocenters. The van der Waals surface area contributed by atoms with E-state index >= 15 is 0 Å². The van der Waals surface area contributed by atoms with E-state index in [0.717, 1.165) is 12.8 Å². The van der Waals surface area contributed by atoms with Crippen molar-refractivity contribution in [1.82, 2.24) is 0 Å². The Kier molecular flexibility index (Phi) is 2.72. The van der Waals surface area contributed by atoms with E-state index < -0.39 is 0 Å². The summed E-state index contributed by atoms with van der Waals surface area (Å²) in [5, 5.41) is 0. The van der Waals surface area contributed by atoms with Crippen molar-refractivity contribution in [2.24, 2.45) is 0 Å². The maximum atomic E-state index is 6.20. The molecule has 0 aromatic heterocycles. The number of rotatable bonds is 1. The molecule has 1 aromatic rings. The number of hydrogen-bond donors (Lipinski definition) is 0. The van der Waals surface area contributed by atoms with Crippen LogP contribution in [0.5, 0.6) is 0 Å². The molecule has 1 saturated heterocycles. The second-order valence-corrected chi connectivity index (χ2v) is 5.17. The molecule has 0 bridgehead atoms. The van der Waals surface area contributed by atoms with Crippen molar-refractivity contribution < 1.29 is 9.47 Å². The average molecular weight is 231 g/mol. The Hall–Kier alpha value is -0.860. The highest BCUT2D eigenvalue weighted by Crippen LogP contribution is 2.47. The van der Waals surface area contributed by atoms with E-state index in [1.165, 1.54) is 24.0 Å². The molecule has 2 nitrogen and oxygen atoms in total. The number of benzene rings is 1. The van der Waals surface area contributed by atoms with E-state index in [-0.39, 0.29) is 18.0 Å². The van der Waals surface area contributed by atoms with Crippen molar-refractivity contribution in [3.63, 3.8) is 0 Å². The lowest BCUT2D eigenvalue weighted by molar-refractivity contribution is -0.167. The molecule has 17 heavy (non-hydrogen) atoms. The van der Waals surface area contributed by atoms with Gasteiger partial charge >= 0.3 is 0 Å². The third-order valence-corrected chi connectivity index (χ3v) is 3.91. The molecule has 1 spiro atoms. The number of ether oxygens (including phenoxy) is 2. The van der Waals surface area contributed by atoms with Gasteiger partial charge in [-0.15, -0.1) is 0 Å². The first kappa shape index (κ1) is 11.2. The van der Waals surface area contributed by atoms with Crippen LogP contribution in [-0.4, -0.2) is 11.9 Å². The van der Waals surface area contributed by atoms with Crippen molar-refractivity contribution in [3.05, 3.63) is 42.3 Å². The minimum atomic E-state index is -0.334. The van der Waals surface area contributed by atoms with Crippen LogP contribution in [0.25, 0.3) is 0 Å². The third kappa shape index (κ3) is 1.90. The van der Waals surface area contributed by atoms with Gasteiger partial charge in [0.05, 0.1) is 6.10 Å². The van der Waals surface area contributed by atoms with Gasteiger partial charge in [-0.1, -0.05) is 24.3 Å². The van der Waals surface area contributed by atoms with Crippen LogP contribution in [0.3, 0.4) is 0 Å². The third-order valence-electron chi connectivity index (χ3n) is 3.91. The molecule has 1 heterocycles. The van der Waals surface area contributed by atoms with Gasteiger partial charge in [-0.3, -0.25) is 0 Å². The second-order valence-electron chi connectivity index (χ2n) is 5.17. The zero-order valence-electron chi connectivity index (χ0n) is 10.3. The number of aryl methyl sites for hydroxylation is 1. The van der Waals surface area contributed by atoms with Crippen LogP contribution in [0.1, 0.15) is 42.9 Å². The predicted molar refractivity (Wildman–Crippen MR) is 66.4 cm³/mol. The van der Waals surface area contributed by atoms with Crippen LogP contribution in [0.2, 0.25) is 0 Å². The summed E-state index contributed by atoms with van der Waals surface area (Å²) >= 11 is 0. The molecular weight excluding hydrogens is 212 g/mol. The fraction of sp³-hybridized carbons (Fsp3) is 0.533. The Morgan fingerprint density at radius 2 is 1.88 bits per heavy atom. The van der Waals surface area contributed by atoms with Crippen molar-refractivity contribution in [3.8, 4) is 0 Å². The van der Waals surface area contributed by atoms with Gasteiger partial charge in [0.1, 0.15) is 6.10 Å². The van der Waals surface area contributed by atoms with Crippen LogP contribution in [0.4, 0.5) is 0 Å². The highest BCUT2D eigenvalue weighted by Gasteiger charge is 2.48. The highest BCUT2D eigenvalue weighted by molar-refractivity contribution is 5.29. The lowest BCUT2D eigenvalue weighted by atomic mass is 10.0. The fourth-order valence-electron chi connectivity index (χ4n) is 2.99. The van der Waals surface area contributed by atoms with Crippen LogP contribution in [0, 0.1) is 13.8 Å². The molecule has 91 valence electrons. The highest BCUT2D eigenvalue weighted by atomic mass is 16.8. The van der Waals surface area contributed by atoms with Gasteiger partial charge in [-0.05, 0) is 37.8 Å². The van der Waals surface area contributed by atoms with E-state index in [9.17, 15) is 0 Å². The molecule has 1 aromatic carbocycles. The van der Waals surface area contributed by atoms with Gasteiger partial charge in [0.15, 0.2) is 5.79 Å². The Labute approximate surface area is 103 Å². The molecule has 3 rings (SSSR count). The fourth-order valence-corrected chi connectivity index (χ4v) is 2.99. The quantitative estimate of drug-likeness (QED) is 0.735. The number of hydrogen-bond acceptors (Lipinski definition) is 2. The van der Waals surface area contributed by atoms with Gasteiger partial charge in [0.25, 0.3) is 0 Å². The largest absolute Gasteiger partial charge is 0.344 e. The average Bonchev–Trinajstić information content (AvgIpc) is 2.88. The van der Waals surface area contributed by atoms with Crippen molar-refractivity contribution in [1.29, 1.82) is 0 Å². The van der Waals surface area contributed by atoms with Crippen LogP contribution >= 0.6 is 0 Å². The molecule has 2 aliphatic rings. The maximum Gasteiger partial charge on any atom is 0.169 e. The molecule has 1 radical (unpaired) electrons. The van der Waals surface area contributed by atoms with E-state index in [2.05, 4.69) is 38.1 Å². The molecule has 1 aliphatic heterocycles. The molecule has 1 aliphatic carbocycles.